The van der Waals surface area contributed by atoms with Crippen molar-refractivity contribution in [2.75, 3.05) is 18.5 Å². The molecule has 3 atom stereocenters. The van der Waals surface area contributed by atoms with E-state index in [-0.39, 0.29) is 23.2 Å². The van der Waals surface area contributed by atoms with Gasteiger partial charge in [0, 0.05) is 6.42 Å². The van der Waals surface area contributed by atoms with Crippen molar-refractivity contribution in [1.29, 1.82) is 0 Å². The summed E-state index contributed by atoms with van der Waals surface area (Å²) < 4.78 is 43.7. The highest BCUT2D eigenvalue weighted by Gasteiger charge is 2.44. The van der Waals surface area contributed by atoms with Crippen LogP contribution in [-0.2, 0) is 20.5 Å². The topological polar surface area (TPSA) is 59.8 Å². The van der Waals surface area contributed by atoms with Gasteiger partial charge in [0.1, 0.15) is 12.6 Å². The molecule has 2 heterocycles. The second-order valence-corrected chi connectivity index (χ2v) is 7.05. The van der Waals surface area contributed by atoms with Gasteiger partial charge < -0.3 is 15.0 Å². The number of halogens is 4. The molecule has 1 aromatic carbocycles. The van der Waals surface area contributed by atoms with Crippen molar-refractivity contribution in [1.82, 2.24) is 0 Å². The third kappa shape index (κ3) is 4.12. The summed E-state index contributed by atoms with van der Waals surface area (Å²) in [6.45, 7) is 1.13. The molecule has 0 radical (unpaired) electrons. The van der Waals surface area contributed by atoms with E-state index < -0.39 is 29.7 Å². The third-order valence-corrected chi connectivity index (χ3v) is 5.24. The van der Waals surface area contributed by atoms with Gasteiger partial charge in [-0.1, -0.05) is 11.6 Å². The molecule has 1 aromatic rings. The number of ether oxygens (including phenoxy) is 1. The molecule has 2 aliphatic heterocycles. The summed E-state index contributed by atoms with van der Waals surface area (Å²) >= 11 is 5.89. The van der Waals surface area contributed by atoms with Gasteiger partial charge in [-0.05, 0) is 31.0 Å². The smallest absolute Gasteiger partial charge is 0.416 e. The number of fused-ring (bicyclic) bond motifs is 1. The highest BCUT2D eigenvalue weighted by molar-refractivity contribution is 6.33. The molecule has 0 aliphatic carbocycles. The molecule has 142 valence electrons. The molecule has 5 nitrogen and oxygen atoms in total. The molecule has 0 bridgehead atoms. The maximum atomic E-state index is 12.8. The maximum Gasteiger partial charge on any atom is 0.416 e. The van der Waals surface area contributed by atoms with Gasteiger partial charge in [-0.15, -0.1) is 0 Å². The molecule has 0 saturated carbocycles. The number of rotatable bonds is 3. The van der Waals surface area contributed by atoms with E-state index in [4.69, 9.17) is 16.3 Å². The Morgan fingerprint density at radius 3 is 2.85 bits per heavy atom. The van der Waals surface area contributed by atoms with Crippen molar-refractivity contribution in [3.63, 3.8) is 0 Å². The van der Waals surface area contributed by atoms with Crippen LogP contribution in [0, 0.1) is 0 Å². The highest BCUT2D eigenvalue weighted by atomic mass is 35.5. The zero-order chi connectivity index (χ0) is 18.9. The average molecular weight is 392 g/mol. The minimum Gasteiger partial charge on any atom is -0.455 e. The molecule has 0 spiro atoms. The Bertz CT molecular complexity index is 711. The number of carbonyl (C=O) groups excluding carboxylic acids is 2. The Morgan fingerprint density at radius 2 is 2.12 bits per heavy atom. The number of anilines is 1. The van der Waals surface area contributed by atoms with E-state index in [1.54, 1.807) is 0 Å². The monoisotopic (exact) mass is 391 g/mol. The van der Waals surface area contributed by atoms with Crippen LogP contribution >= 0.6 is 11.6 Å². The molecule has 2 saturated heterocycles. The number of hydrogen-bond acceptors (Lipinski definition) is 3. The van der Waals surface area contributed by atoms with E-state index >= 15 is 0 Å². The number of alkyl halides is 3. The lowest BCUT2D eigenvalue weighted by Crippen LogP contribution is -3.22. The number of amides is 1. The number of hydrogen-bond donors (Lipinski definition) is 2. The predicted molar refractivity (Wildman–Crippen MR) is 87.9 cm³/mol. The quantitative estimate of drug-likeness (QED) is 0.775. The summed E-state index contributed by atoms with van der Waals surface area (Å²) in [7, 11) is 0. The summed E-state index contributed by atoms with van der Waals surface area (Å²) in [5.74, 6) is -1.00. The van der Waals surface area contributed by atoms with Crippen molar-refractivity contribution in [3.8, 4) is 0 Å². The Morgan fingerprint density at radius 1 is 1.35 bits per heavy atom. The SMILES string of the molecule is O=C(C[C@H]1C(=O)OC[C@H]2CCCC[NH+]21)Nc1cc(C(F)(F)F)ccc1Cl. The van der Waals surface area contributed by atoms with E-state index in [1.807, 2.05) is 0 Å². The zero-order valence-corrected chi connectivity index (χ0v) is 14.6. The number of cyclic esters (lactones) is 1. The molecule has 1 amide bonds. The van der Waals surface area contributed by atoms with Gasteiger partial charge in [0.25, 0.3) is 0 Å². The van der Waals surface area contributed by atoms with E-state index in [1.165, 1.54) is 0 Å². The van der Waals surface area contributed by atoms with Crippen LogP contribution in [0.4, 0.5) is 18.9 Å². The number of esters is 1. The highest BCUT2D eigenvalue weighted by Crippen LogP contribution is 2.33. The minimum absolute atomic E-state index is 0.000710. The molecule has 3 rings (SSSR count). The predicted octanol–water partition coefficient (Wildman–Crippen LogP) is 2.05. The van der Waals surface area contributed by atoms with Crippen LogP contribution < -0.4 is 10.2 Å². The first-order valence-corrected chi connectivity index (χ1v) is 8.82. The normalized spacial score (nSPS) is 26.0. The van der Waals surface area contributed by atoms with Gasteiger partial charge >= 0.3 is 12.1 Å². The van der Waals surface area contributed by atoms with Gasteiger partial charge in [-0.3, -0.25) is 4.79 Å². The van der Waals surface area contributed by atoms with Crippen molar-refractivity contribution in [2.45, 2.75) is 43.9 Å². The van der Waals surface area contributed by atoms with E-state index in [0.717, 1.165) is 48.9 Å². The van der Waals surface area contributed by atoms with E-state index in [0.29, 0.717) is 6.61 Å². The van der Waals surface area contributed by atoms with Crippen molar-refractivity contribution in [2.24, 2.45) is 0 Å². The Labute approximate surface area is 153 Å². The van der Waals surface area contributed by atoms with Gasteiger partial charge in [-0.2, -0.15) is 13.2 Å². The number of piperidine rings is 1. The van der Waals surface area contributed by atoms with Crippen LogP contribution in [-0.4, -0.2) is 37.1 Å². The average Bonchev–Trinajstić information content (AvgIpc) is 2.58. The number of nitrogens with one attached hydrogen (secondary N) is 2. The van der Waals surface area contributed by atoms with Crippen molar-refractivity contribution in [3.05, 3.63) is 28.8 Å². The number of benzene rings is 1. The van der Waals surface area contributed by atoms with Crippen molar-refractivity contribution >= 4 is 29.2 Å². The van der Waals surface area contributed by atoms with Crippen LogP contribution in [0.1, 0.15) is 31.2 Å². The number of quaternary nitrogens is 1. The van der Waals surface area contributed by atoms with Crippen LogP contribution in [0.5, 0.6) is 0 Å². The molecule has 2 aliphatic rings. The molecular formula is C17H19ClF3N2O3+. The van der Waals surface area contributed by atoms with Gasteiger partial charge in [0.15, 0.2) is 6.04 Å². The maximum absolute atomic E-state index is 12.8. The summed E-state index contributed by atoms with van der Waals surface area (Å²) in [6.07, 6.45) is -1.74. The molecular weight excluding hydrogens is 373 g/mol. The summed E-state index contributed by atoms with van der Waals surface area (Å²) in [5.41, 5.74) is -1.03. The van der Waals surface area contributed by atoms with Gasteiger partial charge in [-0.25, -0.2) is 4.79 Å². The first kappa shape index (κ1) is 19.0. The van der Waals surface area contributed by atoms with Crippen LogP contribution in [0.2, 0.25) is 5.02 Å². The standard InChI is InChI=1S/C17H18ClF3N2O3/c18-12-5-4-10(17(19,20)21)7-13(12)22-15(24)8-14-16(25)26-9-11-3-1-2-6-23(11)14/h4-5,7,11,14H,1-3,6,8-9H2,(H,22,24)/p+1/t11-,14+/m1/s1. The van der Waals surface area contributed by atoms with Crippen LogP contribution in [0.15, 0.2) is 18.2 Å². The largest absolute Gasteiger partial charge is 0.455 e. The zero-order valence-electron chi connectivity index (χ0n) is 13.9. The lowest BCUT2D eigenvalue weighted by atomic mass is 9.97. The second kappa shape index (κ2) is 7.44. The molecule has 2 fully saturated rings. The van der Waals surface area contributed by atoms with Crippen LogP contribution in [0.3, 0.4) is 0 Å². The summed E-state index contributed by atoms with van der Waals surface area (Å²) in [4.78, 5) is 25.5. The molecule has 1 unspecified atom stereocenters. The molecule has 26 heavy (non-hydrogen) atoms. The molecule has 2 N–H and O–H groups in total. The van der Waals surface area contributed by atoms with Gasteiger partial charge in [0.2, 0.25) is 5.91 Å². The van der Waals surface area contributed by atoms with Crippen LogP contribution in [0.25, 0.3) is 0 Å². The lowest BCUT2D eigenvalue weighted by Gasteiger charge is -2.40. The van der Waals surface area contributed by atoms with Gasteiger partial charge in [0.05, 0.1) is 29.2 Å². The van der Waals surface area contributed by atoms with E-state index in [2.05, 4.69) is 5.32 Å². The second-order valence-electron chi connectivity index (χ2n) is 6.64. The van der Waals surface area contributed by atoms with Crippen molar-refractivity contribution < 1.29 is 32.4 Å². The third-order valence-electron chi connectivity index (χ3n) is 4.91. The fraction of sp³-hybridized carbons (Fsp3) is 0.529. The summed E-state index contributed by atoms with van der Waals surface area (Å²) in [5, 5.41) is 2.39. The fourth-order valence-corrected chi connectivity index (χ4v) is 3.76. The Kier molecular flexibility index (Phi) is 5.43. The lowest BCUT2D eigenvalue weighted by molar-refractivity contribution is -0.951. The first-order valence-electron chi connectivity index (χ1n) is 8.44. The number of morpholine rings is 1. The number of carbonyl (C=O) groups is 2. The molecule has 0 aromatic heterocycles. The minimum atomic E-state index is -4.54. The fourth-order valence-electron chi connectivity index (χ4n) is 3.59. The summed E-state index contributed by atoms with van der Waals surface area (Å²) in [6, 6.07) is 2.26. The van der Waals surface area contributed by atoms with E-state index in [9.17, 15) is 22.8 Å². The molecule has 9 heteroatoms. The first-order chi connectivity index (χ1) is 12.3. The Balaban J connectivity index is 1.71. The Hall–Kier alpha value is -1.80.